The van der Waals surface area contributed by atoms with Gasteiger partial charge in [0.15, 0.2) is 5.76 Å². The molecule has 2 rings (SSSR count). The molecule has 0 unspecified atom stereocenters. The lowest BCUT2D eigenvalue weighted by Gasteiger charge is -1.99. The third-order valence-corrected chi connectivity index (χ3v) is 2.05. The number of rotatable bonds is 3. The summed E-state index contributed by atoms with van der Waals surface area (Å²) in [5, 5.41) is 6.88. The van der Waals surface area contributed by atoms with E-state index < -0.39 is 0 Å². The van der Waals surface area contributed by atoms with E-state index in [1.807, 2.05) is 37.4 Å². The van der Waals surface area contributed by atoms with Crippen LogP contribution in [0.25, 0.3) is 11.3 Å². The molecule has 0 bridgehead atoms. The van der Waals surface area contributed by atoms with Gasteiger partial charge in [-0.3, -0.25) is 0 Å². The van der Waals surface area contributed by atoms with E-state index >= 15 is 0 Å². The van der Waals surface area contributed by atoms with Crippen molar-refractivity contribution in [2.24, 2.45) is 0 Å². The maximum atomic E-state index is 5.21. The van der Waals surface area contributed by atoms with Crippen LogP contribution in [-0.4, -0.2) is 12.2 Å². The highest BCUT2D eigenvalue weighted by molar-refractivity contribution is 5.60. The highest BCUT2D eigenvalue weighted by Crippen LogP contribution is 2.22. The quantitative estimate of drug-likeness (QED) is 0.801. The van der Waals surface area contributed by atoms with Crippen LogP contribution < -0.4 is 5.32 Å². The average Bonchev–Trinajstić information content (AvgIpc) is 2.68. The van der Waals surface area contributed by atoms with E-state index in [0.717, 1.165) is 23.4 Å². The minimum absolute atomic E-state index is 0.772. The van der Waals surface area contributed by atoms with Gasteiger partial charge in [0, 0.05) is 17.7 Å². The lowest BCUT2D eigenvalue weighted by atomic mass is 10.1. The zero-order valence-electron chi connectivity index (χ0n) is 8.03. The fraction of sp³-hybridized carbons (Fsp3) is 0.182. The second-order valence-electron chi connectivity index (χ2n) is 3.08. The maximum absolute atomic E-state index is 5.21. The highest BCUT2D eigenvalue weighted by Gasteiger charge is 2.08. The monoisotopic (exact) mass is 188 g/mol. The van der Waals surface area contributed by atoms with Gasteiger partial charge in [-0.05, 0) is 7.05 Å². The van der Waals surface area contributed by atoms with E-state index in [-0.39, 0.29) is 0 Å². The summed E-state index contributed by atoms with van der Waals surface area (Å²) in [6.07, 6.45) is 1.75. The van der Waals surface area contributed by atoms with Crippen LogP contribution in [0.5, 0.6) is 0 Å². The van der Waals surface area contributed by atoms with Gasteiger partial charge in [0.1, 0.15) is 0 Å². The second-order valence-corrected chi connectivity index (χ2v) is 3.08. The van der Waals surface area contributed by atoms with Crippen molar-refractivity contribution in [1.82, 2.24) is 10.5 Å². The lowest BCUT2D eigenvalue weighted by Crippen LogP contribution is -2.04. The second kappa shape index (κ2) is 4.07. The Hall–Kier alpha value is -1.61. The van der Waals surface area contributed by atoms with Crippen molar-refractivity contribution in [2.45, 2.75) is 6.54 Å². The molecule has 2 aromatic rings. The summed E-state index contributed by atoms with van der Waals surface area (Å²) in [5.74, 6) is 0.847. The molecule has 72 valence electrons. The van der Waals surface area contributed by atoms with Crippen molar-refractivity contribution in [3.63, 3.8) is 0 Å². The molecule has 0 aliphatic heterocycles. The molecule has 1 aromatic carbocycles. The van der Waals surface area contributed by atoms with E-state index in [2.05, 4.69) is 10.5 Å². The summed E-state index contributed by atoms with van der Waals surface area (Å²) in [6.45, 7) is 0.772. The largest absolute Gasteiger partial charge is 0.356 e. The van der Waals surface area contributed by atoms with Gasteiger partial charge >= 0.3 is 0 Å². The summed E-state index contributed by atoms with van der Waals surface area (Å²) < 4.78 is 5.21. The molecule has 0 atom stereocenters. The van der Waals surface area contributed by atoms with E-state index in [4.69, 9.17) is 4.52 Å². The fourth-order valence-corrected chi connectivity index (χ4v) is 1.40. The summed E-state index contributed by atoms with van der Waals surface area (Å²) in [6, 6.07) is 9.99. The molecule has 0 saturated carbocycles. The summed E-state index contributed by atoms with van der Waals surface area (Å²) in [7, 11) is 1.90. The molecule has 0 aliphatic rings. The van der Waals surface area contributed by atoms with E-state index in [1.165, 1.54) is 0 Å². The van der Waals surface area contributed by atoms with Crippen molar-refractivity contribution in [3.05, 3.63) is 42.1 Å². The molecule has 1 N–H and O–H groups in total. The van der Waals surface area contributed by atoms with Gasteiger partial charge in [-0.2, -0.15) is 0 Å². The standard InChI is InChI=1S/C11H12N2O/c1-12-7-10-8-13-14-11(10)9-5-3-2-4-6-9/h2-6,8,12H,7H2,1H3. The Bertz CT molecular complexity index is 395. The molecular formula is C11H12N2O. The first kappa shape index (κ1) is 8.97. The Morgan fingerprint density at radius 2 is 2.07 bits per heavy atom. The molecule has 1 aromatic heterocycles. The van der Waals surface area contributed by atoms with Gasteiger partial charge in [0.05, 0.1) is 6.20 Å². The predicted octanol–water partition coefficient (Wildman–Crippen LogP) is 2.06. The number of benzene rings is 1. The minimum Gasteiger partial charge on any atom is -0.356 e. The Morgan fingerprint density at radius 3 is 2.79 bits per heavy atom. The lowest BCUT2D eigenvalue weighted by molar-refractivity contribution is 0.431. The van der Waals surface area contributed by atoms with Crippen LogP contribution in [0, 0.1) is 0 Å². The topological polar surface area (TPSA) is 38.1 Å². The van der Waals surface area contributed by atoms with Gasteiger partial charge in [-0.1, -0.05) is 35.5 Å². The molecule has 14 heavy (non-hydrogen) atoms. The van der Waals surface area contributed by atoms with Gasteiger partial charge in [-0.25, -0.2) is 0 Å². The van der Waals surface area contributed by atoms with E-state index in [1.54, 1.807) is 6.20 Å². The van der Waals surface area contributed by atoms with E-state index in [9.17, 15) is 0 Å². The van der Waals surface area contributed by atoms with Crippen LogP contribution in [0.1, 0.15) is 5.56 Å². The van der Waals surface area contributed by atoms with Crippen LogP contribution in [0.2, 0.25) is 0 Å². The summed E-state index contributed by atoms with van der Waals surface area (Å²) in [4.78, 5) is 0. The maximum Gasteiger partial charge on any atom is 0.171 e. The first-order valence-corrected chi connectivity index (χ1v) is 4.55. The molecule has 0 fully saturated rings. The summed E-state index contributed by atoms with van der Waals surface area (Å²) in [5.41, 5.74) is 2.15. The van der Waals surface area contributed by atoms with Gasteiger partial charge in [0.25, 0.3) is 0 Å². The first-order valence-electron chi connectivity index (χ1n) is 4.55. The molecule has 3 nitrogen and oxygen atoms in total. The Kier molecular flexibility index (Phi) is 2.60. The van der Waals surface area contributed by atoms with Crippen LogP contribution >= 0.6 is 0 Å². The number of hydrogen-bond donors (Lipinski definition) is 1. The van der Waals surface area contributed by atoms with Crippen molar-refractivity contribution in [2.75, 3.05) is 7.05 Å². The first-order chi connectivity index (χ1) is 6.92. The SMILES string of the molecule is CNCc1cnoc1-c1ccccc1. The molecule has 0 spiro atoms. The van der Waals surface area contributed by atoms with Gasteiger partial charge in [0.2, 0.25) is 0 Å². The fourth-order valence-electron chi connectivity index (χ4n) is 1.40. The van der Waals surface area contributed by atoms with Crippen molar-refractivity contribution in [1.29, 1.82) is 0 Å². The smallest absolute Gasteiger partial charge is 0.171 e. The molecule has 3 heteroatoms. The molecule has 0 aliphatic carbocycles. The number of nitrogens with one attached hydrogen (secondary N) is 1. The number of hydrogen-bond acceptors (Lipinski definition) is 3. The molecule has 0 radical (unpaired) electrons. The molecule has 1 heterocycles. The van der Waals surface area contributed by atoms with Gasteiger partial charge < -0.3 is 9.84 Å². The van der Waals surface area contributed by atoms with Crippen molar-refractivity contribution >= 4 is 0 Å². The minimum atomic E-state index is 0.772. The average molecular weight is 188 g/mol. The van der Waals surface area contributed by atoms with E-state index in [0.29, 0.717) is 0 Å². The van der Waals surface area contributed by atoms with Crippen LogP contribution in [0.4, 0.5) is 0 Å². The van der Waals surface area contributed by atoms with Crippen LogP contribution in [-0.2, 0) is 6.54 Å². The van der Waals surface area contributed by atoms with Crippen LogP contribution in [0.3, 0.4) is 0 Å². The highest BCUT2D eigenvalue weighted by atomic mass is 16.5. The zero-order valence-corrected chi connectivity index (χ0v) is 8.03. The van der Waals surface area contributed by atoms with Crippen molar-refractivity contribution < 1.29 is 4.52 Å². The van der Waals surface area contributed by atoms with Crippen molar-refractivity contribution in [3.8, 4) is 11.3 Å². The summed E-state index contributed by atoms with van der Waals surface area (Å²) >= 11 is 0. The van der Waals surface area contributed by atoms with Crippen LogP contribution in [0.15, 0.2) is 41.1 Å². The predicted molar refractivity (Wildman–Crippen MR) is 54.7 cm³/mol. The molecular weight excluding hydrogens is 176 g/mol. The number of aromatic nitrogens is 1. The van der Waals surface area contributed by atoms with Gasteiger partial charge in [-0.15, -0.1) is 0 Å². The molecule has 0 saturated heterocycles. The Labute approximate surface area is 82.7 Å². The molecule has 0 amide bonds. The normalized spacial score (nSPS) is 10.4. The Balaban J connectivity index is 2.37. The third-order valence-electron chi connectivity index (χ3n) is 2.05. The number of nitrogens with zero attached hydrogens (tertiary/aromatic N) is 1. The zero-order chi connectivity index (χ0) is 9.80. The third kappa shape index (κ3) is 1.67. The Morgan fingerprint density at radius 1 is 1.29 bits per heavy atom.